The normalized spacial score (nSPS) is 10.8. The number of hydrogen-bond donors (Lipinski definition) is 1. The van der Waals surface area contributed by atoms with Crippen molar-refractivity contribution in [2.75, 3.05) is 5.32 Å². The van der Waals surface area contributed by atoms with E-state index in [1.807, 2.05) is 29.0 Å². The van der Waals surface area contributed by atoms with E-state index in [1.165, 1.54) is 16.7 Å². The van der Waals surface area contributed by atoms with Gasteiger partial charge >= 0.3 is 0 Å². The van der Waals surface area contributed by atoms with E-state index in [-0.39, 0.29) is 0 Å². The fourth-order valence-electron chi connectivity index (χ4n) is 2.17. The molecule has 0 aliphatic rings. The van der Waals surface area contributed by atoms with Gasteiger partial charge in [0, 0.05) is 24.0 Å². The minimum atomic E-state index is 0.788. The first-order valence-corrected chi connectivity index (χ1v) is 6.46. The maximum absolute atomic E-state index is 4.34. The van der Waals surface area contributed by atoms with Gasteiger partial charge in [0.25, 0.3) is 0 Å². The first-order valence-electron chi connectivity index (χ1n) is 6.46. The largest absolute Gasteiger partial charge is 0.381 e. The van der Waals surface area contributed by atoms with E-state index >= 15 is 0 Å². The number of rotatable bonds is 3. The van der Waals surface area contributed by atoms with Crippen LogP contribution >= 0.6 is 0 Å². The van der Waals surface area contributed by atoms with Crippen molar-refractivity contribution < 1.29 is 0 Å². The first-order chi connectivity index (χ1) is 9.24. The first kappa shape index (κ1) is 11.8. The maximum atomic E-state index is 4.34. The molecule has 96 valence electrons. The highest BCUT2D eigenvalue weighted by Crippen LogP contribution is 2.16. The Morgan fingerprint density at radius 3 is 2.84 bits per heavy atom. The Bertz CT molecular complexity index is 713. The third-order valence-corrected chi connectivity index (χ3v) is 3.50. The zero-order valence-electron chi connectivity index (χ0n) is 11.2. The summed E-state index contributed by atoms with van der Waals surface area (Å²) in [5, 5.41) is 7.79. The standard InChI is InChI=1S/C16H17N3/c1-12-6-7-15(9-13(12)2)17-10-14-11-18-19-8-4-3-5-16(14)19/h3-9,11,17H,10H2,1-2H3. The molecule has 0 atom stereocenters. The van der Waals surface area contributed by atoms with E-state index in [4.69, 9.17) is 0 Å². The van der Waals surface area contributed by atoms with Gasteiger partial charge in [0.2, 0.25) is 0 Å². The molecule has 0 fully saturated rings. The fourth-order valence-corrected chi connectivity index (χ4v) is 2.17. The molecule has 0 amide bonds. The third kappa shape index (κ3) is 2.32. The number of aromatic nitrogens is 2. The number of pyridine rings is 1. The molecule has 0 unspecified atom stereocenters. The molecule has 0 spiro atoms. The number of fused-ring (bicyclic) bond motifs is 1. The van der Waals surface area contributed by atoms with Gasteiger partial charge in [0.05, 0.1) is 11.7 Å². The summed E-state index contributed by atoms with van der Waals surface area (Å²) < 4.78 is 1.90. The van der Waals surface area contributed by atoms with Gasteiger partial charge < -0.3 is 5.32 Å². The minimum Gasteiger partial charge on any atom is -0.381 e. The molecular formula is C16H17N3. The van der Waals surface area contributed by atoms with Crippen LogP contribution in [0.15, 0.2) is 48.8 Å². The van der Waals surface area contributed by atoms with Crippen molar-refractivity contribution in [1.82, 2.24) is 9.61 Å². The monoisotopic (exact) mass is 251 g/mol. The lowest BCUT2D eigenvalue weighted by Gasteiger charge is -2.08. The second kappa shape index (κ2) is 4.76. The predicted octanol–water partition coefficient (Wildman–Crippen LogP) is 3.56. The number of anilines is 1. The summed E-state index contributed by atoms with van der Waals surface area (Å²) in [7, 11) is 0. The molecule has 2 aromatic heterocycles. The number of nitrogens with one attached hydrogen (secondary N) is 1. The SMILES string of the molecule is Cc1ccc(NCc2cnn3ccccc23)cc1C. The Balaban J connectivity index is 1.80. The highest BCUT2D eigenvalue weighted by molar-refractivity contribution is 5.56. The lowest BCUT2D eigenvalue weighted by atomic mass is 10.1. The van der Waals surface area contributed by atoms with Crippen LogP contribution in [0.1, 0.15) is 16.7 Å². The van der Waals surface area contributed by atoms with Crippen molar-refractivity contribution in [3.63, 3.8) is 0 Å². The Morgan fingerprint density at radius 1 is 1.11 bits per heavy atom. The van der Waals surface area contributed by atoms with Crippen LogP contribution in [0.25, 0.3) is 5.52 Å². The van der Waals surface area contributed by atoms with E-state index in [2.05, 4.69) is 48.5 Å². The summed E-state index contributed by atoms with van der Waals surface area (Å²) in [6.45, 7) is 5.05. The van der Waals surface area contributed by atoms with Crippen molar-refractivity contribution in [2.45, 2.75) is 20.4 Å². The molecule has 0 saturated heterocycles. The minimum absolute atomic E-state index is 0.788. The molecule has 0 aliphatic heterocycles. The van der Waals surface area contributed by atoms with Crippen LogP contribution in [0.2, 0.25) is 0 Å². The summed E-state index contributed by atoms with van der Waals surface area (Å²) in [6.07, 6.45) is 3.89. The summed E-state index contributed by atoms with van der Waals surface area (Å²) in [5.74, 6) is 0. The average Bonchev–Trinajstić information content (AvgIpc) is 2.83. The Labute approximate surface area is 112 Å². The molecular weight excluding hydrogens is 234 g/mol. The van der Waals surface area contributed by atoms with Gasteiger partial charge in [-0.1, -0.05) is 12.1 Å². The number of hydrogen-bond acceptors (Lipinski definition) is 2. The van der Waals surface area contributed by atoms with Gasteiger partial charge in [0.15, 0.2) is 0 Å². The Hall–Kier alpha value is -2.29. The van der Waals surface area contributed by atoms with Crippen LogP contribution in [0.5, 0.6) is 0 Å². The van der Waals surface area contributed by atoms with Crippen LogP contribution in [0.3, 0.4) is 0 Å². The average molecular weight is 251 g/mol. The second-order valence-corrected chi connectivity index (χ2v) is 4.85. The second-order valence-electron chi connectivity index (χ2n) is 4.85. The Morgan fingerprint density at radius 2 is 2.00 bits per heavy atom. The number of nitrogens with zero attached hydrogens (tertiary/aromatic N) is 2. The maximum Gasteiger partial charge on any atom is 0.0711 e. The van der Waals surface area contributed by atoms with Gasteiger partial charge in [-0.15, -0.1) is 0 Å². The number of benzene rings is 1. The summed E-state index contributed by atoms with van der Waals surface area (Å²) in [6, 6.07) is 12.6. The zero-order valence-corrected chi connectivity index (χ0v) is 11.2. The molecule has 19 heavy (non-hydrogen) atoms. The van der Waals surface area contributed by atoms with Crippen LogP contribution < -0.4 is 5.32 Å². The highest BCUT2D eigenvalue weighted by atomic mass is 15.2. The van der Waals surface area contributed by atoms with Crippen molar-refractivity contribution in [3.05, 3.63) is 65.5 Å². The van der Waals surface area contributed by atoms with Crippen LogP contribution in [0, 0.1) is 13.8 Å². The molecule has 1 N–H and O–H groups in total. The smallest absolute Gasteiger partial charge is 0.0711 e. The van der Waals surface area contributed by atoms with E-state index in [0.717, 1.165) is 17.7 Å². The molecule has 3 aromatic rings. The molecule has 2 heterocycles. The van der Waals surface area contributed by atoms with E-state index in [1.54, 1.807) is 0 Å². The van der Waals surface area contributed by atoms with Crippen molar-refractivity contribution >= 4 is 11.2 Å². The molecule has 1 aromatic carbocycles. The lowest BCUT2D eigenvalue weighted by molar-refractivity contribution is 0.961. The van der Waals surface area contributed by atoms with E-state index in [9.17, 15) is 0 Å². The quantitative estimate of drug-likeness (QED) is 0.771. The van der Waals surface area contributed by atoms with E-state index in [0.29, 0.717) is 0 Å². The third-order valence-electron chi connectivity index (χ3n) is 3.50. The van der Waals surface area contributed by atoms with Crippen molar-refractivity contribution in [3.8, 4) is 0 Å². The van der Waals surface area contributed by atoms with Gasteiger partial charge in [-0.05, 0) is 49.2 Å². The van der Waals surface area contributed by atoms with Gasteiger partial charge in [0.1, 0.15) is 0 Å². The van der Waals surface area contributed by atoms with Gasteiger partial charge in [-0.3, -0.25) is 0 Å². The van der Waals surface area contributed by atoms with Crippen LogP contribution in [0.4, 0.5) is 5.69 Å². The van der Waals surface area contributed by atoms with Gasteiger partial charge in [-0.2, -0.15) is 5.10 Å². The summed E-state index contributed by atoms with van der Waals surface area (Å²) >= 11 is 0. The number of aryl methyl sites for hydroxylation is 2. The van der Waals surface area contributed by atoms with Gasteiger partial charge in [-0.25, -0.2) is 4.52 Å². The zero-order chi connectivity index (χ0) is 13.2. The predicted molar refractivity (Wildman–Crippen MR) is 78.4 cm³/mol. The van der Waals surface area contributed by atoms with Crippen LogP contribution in [-0.4, -0.2) is 9.61 Å². The van der Waals surface area contributed by atoms with Crippen LogP contribution in [-0.2, 0) is 6.54 Å². The molecule has 3 nitrogen and oxygen atoms in total. The molecule has 0 saturated carbocycles. The fraction of sp³-hybridized carbons (Fsp3) is 0.188. The van der Waals surface area contributed by atoms with Crippen molar-refractivity contribution in [1.29, 1.82) is 0 Å². The summed E-state index contributed by atoms with van der Waals surface area (Å²) in [5.41, 5.74) is 6.14. The molecule has 0 bridgehead atoms. The molecule has 0 radical (unpaired) electrons. The van der Waals surface area contributed by atoms with Crippen molar-refractivity contribution in [2.24, 2.45) is 0 Å². The lowest BCUT2D eigenvalue weighted by Crippen LogP contribution is -1.99. The summed E-state index contributed by atoms with van der Waals surface area (Å²) in [4.78, 5) is 0. The highest BCUT2D eigenvalue weighted by Gasteiger charge is 2.03. The topological polar surface area (TPSA) is 29.3 Å². The molecule has 3 rings (SSSR count). The van der Waals surface area contributed by atoms with E-state index < -0.39 is 0 Å². The molecule has 3 heteroatoms. The Kier molecular flexibility index (Phi) is 2.95. The molecule has 0 aliphatic carbocycles.